The molecule has 1 aliphatic rings. The zero-order valence-corrected chi connectivity index (χ0v) is 18.6. The Labute approximate surface area is 176 Å². The van der Waals surface area contributed by atoms with Gasteiger partial charge in [-0.25, -0.2) is 13.8 Å². The Kier molecular flexibility index (Phi) is 6.43. The van der Waals surface area contributed by atoms with Gasteiger partial charge in [0.25, 0.3) is 15.9 Å². The molecule has 1 amide bonds. The molecule has 0 unspecified atom stereocenters. The van der Waals surface area contributed by atoms with Crippen molar-refractivity contribution in [3.63, 3.8) is 0 Å². The summed E-state index contributed by atoms with van der Waals surface area (Å²) in [6.45, 7) is 6.81. The quantitative estimate of drug-likeness (QED) is 0.659. The van der Waals surface area contributed by atoms with Crippen LogP contribution in [-0.2, 0) is 10.0 Å². The number of carbonyl (C=O) groups excluding carboxylic acids is 1. The maximum atomic E-state index is 12.3. The van der Waals surface area contributed by atoms with E-state index in [9.17, 15) is 13.2 Å². The minimum absolute atomic E-state index is 0.247. The van der Waals surface area contributed by atoms with Gasteiger partial charge in [-0.05, 0) is 72.7 Å². The Hall–Kier alpha value is -2.19. The van der Waals surface area contributed by atoms with E-state index in [1.807, 2.05) is 0 Å². The van der Waals surface area contributed by atoms with E-state index in [2.05, 4.69) is 36.0 Å². The van der Waals surface area contributed by atoms with E-state index in [0.29, 0.717) is 22.6 Å². The number of rotatable bonds is 5. The van der Waals surface area contributed by atoms with Gasteiger partial charge in [0, 0.05) is 17.0 Å². The highest BCUT2D eigenvalue weighted by Gasteiger charge is 2.28. The van der Waals surface area contributed by atoms with Crippen LogP contribution in [0.2, 0.25) is 0 Å². The molecule has 3 rings (SSSR count). The number of hydrazone groups is 1. The van der Waals surface area contributed by atoms with Gasteiger partial charge in [-0.3, -0.25) is 9.52 Å². The Balaban J connectivity index is 1.56. The van der Waals surface area contributed by atoms with Gasteiger partial charge in [-0.1, -0.05) is 26.8 Å². The number of benzene rings is 1. The number of hydrogen-bond donors (Lipinski definition) is 2. The SMILES string of the molecule is CC(C)(C)C1CCC(=NNC(=O)c2ccc(NS(=O)(=O)c3cccs3)cc2)CC1. The molecule has 2 aromatic rings. The van der Waals surface area contributed by atoms with Crippen LogP contribution in [0.3, 0.4) is 0 Å². The molecule has 0 spiro atoms. The minimum Gasteiger partial charge on any atom is -0.279 e. The van der Waals surface area contributed by atoms with E-state index in [1.165, 1.54) is 0 Å². The molecule has 1 aromatic carbocycles. The van der Waals surface area contributed by atoms with Crippen LogP contribution in [0.5, 0.6) is 0 Å². The number of thiophene rings is 1. The van der Waals surface area contributed by atoms with E-state index in [-0.39, 0.29) is 10.1 Å². The van der Waals surface area contributed by atoms with Crippen molar-refractivity contribution >= 4 is 38.7 Å². The third-order valence-corrected chi connectivity index (χ3v) is 8.04. The van der Waals surface area contributed by atoms with Crippen molar-refractivity contribution in [1.82, 2.24) is 5.43 Å². The molecule has 156 valence electrons. The Morgan fingerprint density at radius 1 is 1.10 bits per heavy atom. The van der Waals surface area contributed by atoms with E-state index in [0.717, 1.165) is 42.7 Å². The fourth-order valence-corrected chi connectivity index (χ4v) is 5.49. The van der Waals surface area contributed by atoms with Crippen molar-refractivity contribution < 1.29 is 13.2 Å². The van der Waals surface area contributed by atoms with Crippen LogP contribution >= 0.6 is 11.3 Å². The first-order valence-electron chi connectivity index (χ1n) is 9.67. The maximum absolute atomic E-state index is 12.3. The van der Waals surface area contributed by atoms with Crippen LogP contribution < -0.4 is 10.1 Å². The summed E-state index contributed by atoms with van der Waals surface area (Å²) in [6, 6.07) is 9.53. The molecular weight excluding hydrogens is 406 g/mol. The monoisotopic (exact) mass is 433 g/mol. The van der Waals surface area contributed by atoms with Crippen molar-refractivity contribution in [3.05, 3.63) is 47.3 Å². The lowest BCUT2D eigenvalue weighted by Gasteiger charge is -2.34. The number of nitrogens with zero attached hydrogens (tertiary/aromatic N) is 1. The predicted molar refractivity (Wildman–Crippen MR) is 118 cm³/mol. The summed E-state index contributed by atoms with van der Waals surface area (Å²) in [7, 11) is -3.60. The number of carbonyl (C=O) groups is 1. The van der Waals surface area contributed by atoms with Crippen LogP contribution in [0.1, 0.15) is 56.8 Å². The Bertz CT molecular complexity index is 963. The minimum atomic E-state index is -3.60. The molecule has 1 aliphatic carbocycles. The second kappa shape index (κ2) is 8.67. The third kappa shape index (κ3) is 5.67. The third-order valence-electron chi connectivity index (χ3n) is 5.26. The lowest BCUT2D eigenvalue weighted by molar-refractivity contribution is 0.0954. The average Bonchev–Trinajstić information content (AvgIpc) is 3.22. The molecule has 0 bridgehead atoms. The fourth-order valence-electron chi connectivity index (χ4n) is 3.43. The first kappa shape index (κ1) is 21.5. The zero-order chi connectivity index (χ0) is 21.1. The summed E-state index contributed by atoms with van der Waals surface area (Å²) >= 11 is 1.15. The molecule has 0 radical (unpaired) electrons. The van der Waals surface area contributed by atoms with Gasteiger partial charge in [-0.2, -0.15) is 5.10 Å². The second-order valence-corrected chi connectivity index (χ2v) is 11.2. The van der Waals surface area contributed by atoms with Crippen LogP contribution in [0, 0.1) is 11.3 Å². The topological polar surface area (TPSA) is 87.6 Å². The van der Waals surface area contributed by atoms with Crippen LogP contribution in [-0.4, -0.2) is 20.0 Å². The molecule has 6 nitrogen and oxygen atoms in total. The van der Waals surface area contributed by atoms with E-state index in [4.69, 9.17) is 0 Å². The van der Waals surface area contributed by atoms with E-state index >= 15 is 0 Å². The standard InChI is InChI=1S/C21H27N3O3S2/c1-21(2,3)16-8-12-17(13-9-16)22-23-20(25)15-6-10-18(11-7-15)24-29(26,27)19-5-4-14-28-19/h4-7,10-11,14,16,24H,8-9,12-13H2,1-3H3,(H,23,25). The van der Waals surface area contributed by atoms with Crippen LogP contribution in [0.15, 0.2) is 51.1 Å². The smallest absolute Gasteiger partial charge is 0.271 e. The van der Waals surface area contributed by atoms with Crippen molar-refractivity contribution in [2.45, 2.75) is 50.7 Å². The number of anilines is 1. The largest absolute Gasteiger partial charge is 0.279 e. The molecule has 1 fully saturated rings. The fraction of sp³-hybridized carbons (Fsp3) is 0.429. The summed E-state index contributed by atoms with van der Waals surface area (Å²) in [4.78, 5) is 12.3. The van der Waals surface area contributed by atoms with Gasteiger partial charge in [0.05, 0.1) is 0 Å². The van der Waals surface area contributed by atoms with Crippen molar-refractivity contribution in [1.29, 1.82) is 0 Å². The normalized spacial score (nSPS) is 17.6. The van der Waals surface area contributed by atoms with Crippen molar-refractivity contribution in [2.75, 3.05) is 4.72 Å². The highest BCUT2D eigenvalue weighted by Crippen LogP contribution is 2.36. The molecule has 0 atom stereocenters. The molecule has 1 aromatic heterocycles. The first-order valence-corrected chi connectivity index (χ1v) is 12.0. The van der Waals surface area contributed by atoms with Gasteiger partial charge in [0.15, 0.2) is 0 Å². The van der Waals surface area contributed by atoms with Gasteiger partial charge < -0.3 is 0 Å². The predicted octanol–water partition coefficient (Wildman–Crippen LogP) is 4.87. The lowest BCUT2D eigenvalue weighted by Crippen LogP contribution is -2.27. The molecule has 1 saturated carbocycles. The second-order valence-electron chi connectivity index (χ2n) is 8.37. The number of nitrogens with one attached hydrogen (secondary N) is 2. The maximum Gasteiger partial charge on any atom is 0.271 e. The average molecular weight is 434 g/mol. The molecule has 2 N–H and O–H groups in total. The molecule has 1 heterocycles. The van der Waals surface area contributed by atoms with E-state index in [1.54, 1.807) is 41.8 Å². The highest BCUT2D eigenvalue weighted by molar-refractivity contribution is 7.94. The molecule has 0 aliphatic heterocycles. The number of amides is 1. The zero-order valence-electron chi connectivity index (χ0n) is 16.9. The Morgan fingerprint density at radius 3 is 2.31 bits per heavy atom. The first-order chi connectivity index (χ1) is 13.6. The van der Waals surface area contributed by atoms with Crippen LogP contribution in [0.4, 0.5) is 5.69 Å². The van der Waals surface area contributed by atoms with Gasteiger partial charge in [-0.15, -0.1) is 11.3 Å². The summed E-state index contributed by atoms with van der Waals surface area (Å²) < 4.78 is 27.2. The summed E-state index contributed by atoms with van der Waals surface area (Å²) in [5, 5.41) is 6.01. The lowest BCUT2D eigenvalue weighted by atomic mass is 9.72. The van der Waals surface area contributed by atoms with Gasteiger partial charge in [0.2, 0.25) is 0 Å². The highest BCUT2D eigenvalue weighted by atomic mass is 32.2. The molecule has 29 heavy (non-hydrogen) atoms. The Morgan fingerprint density at radius 2 is 1.76 bits per heavy atom. The van der Waals surface area contributed by atoms with Crippen LogP contribution in [0.25, 0.3) is 0 Å². The molecule has 8 heteroatoms. The van der Waals surface area contributed by atoms with Gasteiger partial charge in [0.1, 0.15) is 4.21 Å². The summed E-state index contributed by atoms with van der Waals surface area (Å²) in [5.41, 5.74) is 4.79. The van der Waals surface area contributed by atoms with Crippen molar-refractivity contribution in [3.8, 4) is 0 Å². The number of hydrogen-bond acceptors (Lipinski definition) is 5. The summed E-state index contributed by atoms with van der Waals surface area (Å²) in [6.07, 6.45) is 4.01. The van der Waals surface area contributed by atoms with Crippen molar-refractivity contribution in [2.24, 2.45) is 16.4 Å². The molecule has 0 saturated heterocycles. The summed E-state index contributed by atoms with van der Waals surface area (Å²) in [5.74, 6) is 0.380. The van der Waals surface area contributed by atoms with Gasteiger partial charge >= 0.3 is 0 Å². The molecular formula is C21H27N3O3S2. The van der Waals surface area contributed by atoms with E-state index < -0.39 is 10.0 Å². The number of sulfonamides is 1.